The van der Waals surface area contributed by atoms with Gasteiger partial charge in [0.05, 0.1) is 36.8 Å². The molecule has 8 rings (SSSR count). The summed E-state index contributed by atoms with van der Waals surface area (Å²) < 4.78 is 28.3. The molecule has 5 aromatic carbocycles. The zero-order valence-corrected chi connectivity index (χ0v) is 35.0. The number of ether oxygens (including phenoxy) is 1. The first-order valence-corrected chi connectivity index (χ1v) is 22.4. The number of aromatic hydroxyl groups is 1. The molecule has 2 amide bonds. The fourth-order valence-corrected chi connectivity index (χ4v) is 14.1. The molecule has 9 heteroatoms. The number of rotatable bonds is 12. The van der Waals surface area contributed by atoms with Crippen LogP contribution in [0.15, 0.2) is 150 Å². The van der Waals surface area contributed by atoms with E-state index in [4.69, 9.17) is 9.16 Å². The highest BCUT2D eigenvalue weighted by Gasteiger charge is 2.58. The van der Waals surface area contributed by atoms with Crippen molar-refractivity contribution in [1.82, 2.24) is 0 Å². The molecule has 0 aromatic heterocycles. The Labute approximate surface area is 347 Å². The van der Waals surface area contributed by atoms with Crippen molar-refractivity contribution in [3.05, 3.63) is 162 Å². The van der Waals surface area contributed by atoms with Crippen LogP contribution in [0.2, 0.25) is 5.04 Å². The number of anilines is 3. The molecule has 2 saturated heterocycles. The highest BCUT2D eigenvalue weighted by molar-refractivity contribution is 6.99. The maximum Gasteiger partial charge on any atom is 0.261 e. The first-order valence-electron chi connectivity index (χ1n) is 20.5. The summed E-state index contributed by atoms with van der Waals surface area (Å²) in [6.45, 7) is 9.42. The minimum absolute atomic E-state index is 0.186. The predicted octanol–water partition coefficient (Wildman–Crippen LogP) is 9.56. The fourth-order valence-electron chi connectivity index (χ4n) is 9.53. The summed E-state index contributed by atoms with van der Waals surface area (Å²) in [5, 5.41) is 15.2. The van der Waals surface area contributed by atoms with Crippen LogP contribution in [0.4, 0.5) is 21.5 Å². The molecule has 4 atom stereocenters. The van der Waals surface area contributed by atoms with E-state index in [-0.39, 0.29) is 34.6 Å². The first kappa shape index (κ1) is 40.2. The van der Waals surface area contributed by atoms with Crippen molar-refractivity contribution in [2.75, 3.05) is 23.4 Å². The summed E-state index contributed by atoms with van der Waals surface area (Å²) in [5.41, 5.74) is 6.18. The lowest BCUT2D eigenvalue weighted by molar-refractivity contribution is -0.122. The molecule has 0 unspecified atom stereocenters. The Morgan fingerprint density at radius 2 is 1.46 bits per heavy atom. The van der Waals surface area contributed by atoms with E-state index >= 15 is 0 Å². The Morgan fingerprint density at radius 1 is 0.847 bits per heavy atom. The normalized spacial score (nSPS) is 20.8. The van der Waals surface area contributed by atoms with Crippen molar-refractivity contribution < 1.29 is 28.2 Å². The average Bonchev–Trinajstić information content (AvgIpc) is 3.77. The van der Waals surface area contributed by atoms with Gasteiger partial charge in [0.15, 0.2) is 11.6 Å². The van der Waals surface area contributed by atoms with Gasteiger partial charge in [-0.15, -0.1) is 0 Å². The highest BCUT2D eigenvalue weighted by atomic mass is 28.4. The molecule has 7 nitrogen and oxygen atoms in total. The largest absolute Gasteiger partial charge is 0.505 e. The number of fused-ring (bicyclic) bond motifs is 3. The Kier molecular flexibility index (Phi) is 11.3. The first-order chi connectivity index (χ1) is 28.4. The topological polar surface area (TPSA) is 88.1 Å². The van der Waals surface area contributed by atoms with Crippen molar-refractivity contribution in [2.45, 2.75) is 58.1 Å². The van der Waals surface area contributed by atoms with E-state index in [1.165, 1.54) is 27.4 Å². The van der Waals surface area contributed by atoms with Gasteiger partial charge in [0.25, 0.3) is 8.32 Å². The molecular weight excluding hydrogens is 756 g/mol. The van der Waals surface area contributed by atoms with Gasteiger partial charge >= 0.3 is 0 Å². The van der Waals surface area contributed by atoms with Crippen LogP contribution in [0.1, 0.15) is 52.5 Å². The molecule has 2 aliphatic heterocycles. The number of phenolic OH excluding ortho intramolecular Hbond substituents is 1. The number of amides is 2. The van der Waals surface area contributed by atoms with Crippen LogP contribution in [-0.2, 0) is 18.8 Å². The quantitative estimate of drug-likeness (QED) is 0.0743. The molecule has 5 aromatic rings. The number of carbonyl (C=O) groups is 2. The van der Waals surface area contributed by atoms with Gasteiger partial charge in [-0.1, -0.05) is 117 Å². The van der Waals surface area contributed by atoms with Crippen LogP contribution in [-0.4, -0.2) is 44.6 Å². The number of carbonyl (C=O) groups excluding carboxylic acids is 2. The second kappa shape index (κ2) is 16.6. The van der Waals surface area contributed by atoms with Crippen molar-refractivity contribution >= 4 is 53.6 Å². The Balaban J connectivity index is 1.13. The number of benzene rings is 5. The summed E-state index contributed by atoms with van der Waals surface area (Å²) in [7, 11) is -2.95. The molecule has 1 aliphatic carbocycles. The molecule has 3 aliphatic rings. The minimum Gasteiger partial charge on any atom is -0.505 e. The van der Waals surface area contributed by atoms with E-state index in [0.717, 1.165) is 28.1 Å². The van der Waals surface area contributed by atoms with Crippen LogP contribution in [0.3, 0.4) is 0 Å². The number of halogens is 1. The third-order valence-corrected chi connectivity index (χ3v) is 17.2. The number of imide groups is 1. The summed E-state index contributed by atoms with van der Waals surface area (Å²) in [5.74, 6) is -2.77. The zero-order valence-electron chi connectivity index (χ0n) is 34.0. The van der Waals surface area contributed by atoms with E-state index in [2.05, 4.69) is 74.6 Å². The summed E-state index contributed by atoms with van der Waals surface area (Å²) in [4.78, 5) is 30.5. The van der Waals surface area contributed by atoms with Crippen molar-refractivity contribution in [1.29, 1.82) is 0 Å². The SMILES string of the molecule is C/C(=C\c1ccc(O)c(F)c1)CC[C@H]1OC[C@H]2C1=C(CO[Si](c1ccccc1)(c1ccccc1)C(C)(C)C)C[C@H]1C(=O)N(c3ccc(Nc4ccccc4)cc3)C(=O)[C@H]12. The molecule has 2 N–H and O–H groups in total. The van der Waals surface area contributed by atoms with Crippen LogP contribution in [0.25, 0.3) is 6.08 Å². The fraction of sp³-hybridized carbons (Fsp3) is 0.280. The van der Waals surface area contributed by atoms with E-state index in [1.807, 2.05) is 79.7 Å². The standard InChI is InChI=1S/C50H51FN2O5Si/c1-33(28-34-21-26-44(54)43(51)29-34)20-27-45-46-35(31-58-59(50(2,3)4,39-16-10-6-11-17-39)40-18-12-7-13-19-40)30-41-47(42(46)32-57-45)49(56)53(48(41)55)38-24-22-37(23-25-38)52-36-14-8-5-9-15-36/h5-19,21-26,28-29,41-42,45,47,52,54H,20,27,30-32H2,1-4H3/b33-28+/t41-,42+,45-,47-/m1/s1. The monoisotopic (exact) mass is 806 g/mol. The van der Waals surface area contributed by atoms with E-state index in [1.54, 1.807) is 6.07 Å². The third-order valence-electron chi connectivity index (χ3n) is 12.3. The number of hydrogen-bond donors (Lipinski definition) is 2. The van der Waals surface area contributed by atoms with Gasteiger partial charge in [0, 0.05) is 17.3 Å². The smallest absolute Gasteiger partial charge is 0.261 e. The van der Waals surface area contributed by atoms with E-state index in [9.17, 15) is 19.1 Å². The van der Waals surface area contributed by atoms with Gasteiger partial charge in [0.1, 0.15) is 0 Å². The number of allylic oxidation sites excluding steroid dienone is 1. The Hall–Kier alpha value is -5.61. The van der Waals surface area contributed by atoms with Gasteiger partial charge in [-0.3, -0.25) is 14.5 Å². The van der Waals surface area contributed by atoms with Crippen molar-refractivity contribution in [3.8, 4) is 5.75 Å². The highest BCUT2D eigenvalue weighted by Crippen LogP contribution is 2.51. The van der Waals surface area contributed by atoms with Crippen LogP contribution in [0.5, 0.6) is 5.75 Å². The van der Waals surface area contributed by atoms with Crippen LogP contribution >= 0.6 is 0 Å². The maximum atomic E-state index is 14.6. The second-order valence-electron chi connectivity index (χ2n) is 17.1. The van der Waals surface area contributed by atoms with Gasteiger partial charge < -0.3 is 19.6 Å². The van der Waals surface area contributed by atoms with Crippen LogP contribution < -0.4 is 20.6 Å². The van der Waals surface area contributed by atoms with Gasteiger partial charge in [-0.25, -0.2) is 4.39 Å². The molecule has 2 heterocycles. The van der Waals surface area contributed by atoms with E-state index in [0.29, 0.717) is 43.7 Å². The number of hydrogen-bond acceptors (Lipinski definition) is 6. The molecule has 59 heavy (non-hydrogen) atoms. The van der Waals surface area contributed by atoms with E-state index < -0.39 is 26.0 Å². The molecule has 0 radical (unpaired) electrons. The molecule has 2 fully saturated rings. The molecule has 0 spiro atoms. The van der Waals surface area contributed by atoms with Gasteiger partial charge in [0.2, 0.25) is 11.8 Å². The van der Waals surface area contributed by atoms with Gasteiger partial charge in [-0.2, -0.15) is 0 Å². The lowest BCUT2D eigenvalue weighted by Crippen LogP contribution is -2.66. The maximum absolute atomic E-state index is 14.6. The van der Waals surface area contributed by atoms with Gasteiger partial charge in [-0.05, 0) is 107 Å². The zero-order chi connectivity index (χ0) is 41.3. The lowest BCUT2D eigenvalue weighted by Gasteiger charge is -2.44. The Bertz CT molecular complexity index is 2340. The van der Waals surface area contributed by atoms with Crippen molar-refractivity contribution in [3.63, 3.8) is 0 Å². The lowest BCUT2D eigenvalue weighted by atomic mass is 9.69. The molecule has 302 valence electrons. The summed E-state index contributed by atoms with van der Waals surface area (Å²) in [6.07, 6.45) is 3.37. The predicted molar refractivity (Wildman–Crippen MR) is 235 cm³/mol. The third kappa shape index (κ3) is 7.82. The minimum atomic E-state index is -2.95. The molecule has 0 bridgehead atoms. The summed E-state index contributed by atoms with van der Waals surface area (Å²) in [6, 6.07) is 42.8. The molecule has 0 saturated carbocycles. The number of nitrogens with one attached hydrogen (secondary N) is 1. The summed E-state index contributed by atoms with van der Waals surface area (Å²) >= 11 is 0. The number of phenols is 1. The molecular formula is C50H51FN2O5Si. The Morgan fingerprint density at radius 3 is 2.07 bits per heavy atom. The second-order valence-corrected chi connectivity index (χ2v) is 21.4. The number of nitrogens with zero attached hydrogens (tertiary/aromatic N) is 1. The van der Waals surface area contributed by atoms with Crippen LogP contribution in [0, 0.1) is 23.6 Å². The number of para-hydroxylation sites is 1. The van der Waals surface area contributed by atoms with Crippen molar-refractivity contribution in [2.24, 2.45) is 17.8 Å². The average molecular weight is 807 g/mol.